The van der Waals surface area contributed by atoms with Gasteiger partial charge in [0.1, 0.15) is 22.3 Å². The smallest absolute Gasteiger partial charge is 0.235 e. The molecule has 8 aromatic heterocycles. The number of benzene rings is 20. The molecular weight excluding hydrogens is 1640 g/mol. The van der Waals surface area contributed by atoms with Crippen molar-refractivity contribution >= 4 is 194 Å². The fraction of sp³-hybridized carbons (Fsp3) is 0. The van der Waals surface area contributed by atoms with Gasteiger partial charge < -0.3 is 8.83 Å². The zero-order valence-electron chi connectivity index (χ0n) is 70.3. The molecule has 0 atom stereocenters. The summed E-state index contributed by atoms with van der Waals surface area (Å²) >= 11 is 3.68. The Kier molecular flexibility index (Phi) is 17.8. The maximum Gasteiger partial charge on any atom is 0.235 e. The van der Waals surface area contributed by atoms with E-state index in [2.05, 4.69) is 423 Å². The second-order valence-electron chi connectivity index (χ2n) is 33.4. The van der Waals surface area contributed by atoms with Crippen LogP contribution in [0.5, 0.6) is 0 Å². The average Bonchev–Trinajstić information content (AvgIpc) is 1.60. The second kappa shape index (κ2) is 31.0. The van der Waals surface area contributed by atoms with Gasteiger partial charge in [-0.15, -0.1) is 22.7 Å². The Hall–Kier alpha value is -17.0. The molecule has 11 heteroatoms. The second-order valence-corrected chi connectivity index (χ2v) is 35.6. The molecule has 8 heterocycles. The molecule has 0 aliphatic rings. The highest BCUT2D eigenvalue weighted by Crippen LogP contribution is 2.47. The van der Waals surface area contributed by atoms with Gasteiger partial charge in [0.05, 0.1) is 55.4 Å². The SMILES string of the molecule is c1ccc(-c2ccc(-c3cccc(-c4nc(-c5ccccc5)c5ccc6sc7cc8ccccc8cc7c6c5n4)c3)cc2)cc1.c1ccc(-c2nc(-c3ccc(-c4ccc5sc6ccccc6c5c4)cc3)nc3c2ccc2oc4cc5ccccc5cc4c23)cc1.c1ccc(-c2nc(-n3c4ccccc4c4ccccc43)nc3c2ccc2oc4cc5ccccc5cc4c23)cc1. The monoisotopic (exact) mass is 1710 g/mol. The fourth-order valence-electron chi connectivity index (χ4n) is 19.4. The van der Waals surface area contributed by atoms with Gasteiger partial charge in [0.15, 0.2) is 11.6 Å². The van der Waals surface area contributed by atoms with Gasteiger partial charge in [0, 0.05) is 106 Å². The van der Waals surface area contributed by atoms with Crippen molar-refractivity contribution in [3.05, 3.63) is 431 Å². The molecule has 0 radical (unpaired) electrons. The van der Waals surface area contributed by atoms with Crippen molar-refractivity contribution in [3.63, 3.8) is 0 Å². The van der Waals surface area contributed by atoms with Gasteiger partial charge in [-0.2, -0.15) is 0 Å². The van der Waals surface area contributed by atoms with E-state index in [4.69, 9.17) is 38.7 Å². The lowest BCUT2D eigenvalue weighted by Gasteiger charge is -2.12. The van der Waals surface area contributed by atoms with Gasteiger partial charge in [0.2, 0.25) is 5.95 Å². The van der Waals surface area contributed by atoms with E-state index < -0.39 is 0 Å². The minimum atomic E-state index is 0.645. The molecule has 0 aliphatic heterocycles. The van der Waals surface area contributed by atoms with Crippen molar-refractivity contribution in [2.24, 2.45) is 0 Å². The third kappa shape index (κ3) is 13.0. The largest absolute Gasteiger partial charge is 0.456 e. The van der Waals surface area contributed by atoms with E-state index in [9.17, 15) is 0 Å². The van der Waals surface area contributed by atoms with E-state index in [1.807, 2.05) is 34.8 Å². The van der Waals surface area contributed by atoms with Crippen LogP contribution in [-0.4, -0.2) is 34.5 Å². The number of rotatable bonds is 9. The van der Waals surface area contributed by atoms with Crippen LogP contribution in [0.1, 0.15) is 0 Å². The predicted molar refractivity (Wildman–Crippen MR) is 549 cm³/mol. The molecule has 0 spiro atoms. The molecule has 0 saturated carbocycles. The van der Waals surface area contributed by atoms with Crippen LogP contribution in [0.2, 0.25) is 0 Å². The molecule has 28 rings (SSSR count). The van der Waals surface area contributed by atoms with Gasteiger partial charge in [-0.05, 0) is 175 Å². The Bertz CT molecular complexity index is 9430. The quantitative estimate of drug-likeness (QED) is 0.141. The van der Waals surface area contributed by atoms with Gasteiger partial charge in [-0.3, -0.25) is 4.57 Å². The van der Waals surface area contributed by atoms with E-state index in [0.29, 0.717) is 11.8 Å². The van der Waals surface area contributed by atoms with Crippen LogP contribution in [0, 0.1) is 0 Å². The highest BCUT2D eigenvalue weighted by atomic mass is 32.1. The fourth-order valence-corrected chi connectivity index (χ4v) is 21.6. The molecule has 0 fully saturated rings. The highest BCUT2D eigenvalue weighted by molar-refractivity contribution is 7.26. The summed E-state index contributed by atoms with van der Waals surface area (Å²) in [5.41, 5.74) is 23.4. The van der Waals surface area contributed by atoms with Crippen molar-refractivity contribution < 1.29 is 8.83 Å². The molecule has 9 nitrogen and oxygen atoms in total. The first-order valence-electron chi connectivity index (χ1n) is 44.0. The molecular formula is C120H71N7O2S2. The van der Waals surface area contributed by atoms with Crippen molar-refractivity contribution in [3.8, 4) is 95.9 Å². The van der Waals surface area contributed by atoms with Gasteiger partial charge in [-0.1, -0.05) is 322 Å². The number of para-hydroxylation sites is 2. The summed E-state index contributed by atoms with van der Waals surface area (Å²) in [6.45, 7) is 0. The third-order valence-corrected chi connectivity index (χ3v) is 28.0. The van der Waals surface area contributed by atoms with Crippen LogP contribution < -0.4 is 0 Å². The topological polar surface area (TPSA) is 109 Å². The zero-order valence-corrected chi connectivity index (χ0v) is 71.9. The van der Waals surface area contributed by atoms with Gasteiger partial charge in [0.25, 0.3) is 0 Å². The van der Waals surface area contributed by atoms with E-state index in [-0.39, 0.29) is 0 Å². The summed E-state index contributed by atoms with van der Waals surface area (Å²) < 4.78 is 20.2. The number of furan rings is 2. The molecule has 0 amide bonds. The highest BCUT2D eigenvalue weighted by Gasteiger charge is 2.25. The van der Waals surface area contributed by atoms with Crippen LogP contribution >= 0.6 is 22.7 Å². The van der Waals surface area contributed by atoms with Crippen molar-refractivity contribution in [2.45, 2.75) is 0 Å². The number of nitrogens with zero attached hydrogens (tertiary/aromatic N) is 7. The summed E-state index contributed by atoms with van der Waals surface area (Å²) in [7, 11) is 0. The van der Waals surface area contributed by atoms with E-state index in [1.165, 1.54) is 100 Å². The number of aromatic nitrogens is 7. The molecule has 0 saturated heterocycles. The summed E-state index contributed by atoms with van der Waals surface area (Å²) in [4.78, 5) is 31.6. The lowest BCUT2D eigenvalue weighted by atomic mass is 9.98. The lowest BCUT2D eigenvalue weighted by Crippen LogP contribution is -2.03. The van der Waals surface area contributed by atoms with Crippen molar-refractivity contribution in [2.75, 3.05) is 0 Å². The van der Waals surface area contributed by atoms with Crippen molar-refractivity contribution in [1.82, 2.24) is 34.5 Å². The maximum atomic E-state index is 6.42. The first-order chi connectivity index (χ1) is 64.9. The summed E-state index contributed by atoms with van der Waals surface area (Å²) in [5.74, 6) is 2.07. The first kappa shape index (κ1) is 75.4. The van der Waals surface area contributed by atoms with Crippen LogP contribution in [0.15, 0.2) is 440 Å². The molecule has 0 aliphatic carbocycles. The van der Waals surface area contributed by atoms with Crippen molar-refractivity contribution in [1.29, 1.82) is 0 Å². The standard InChI is InChI=1S/C42H24N2OS.C42H26N2S.C36H21N3O/c1-2-8-26(9-3-1)40-32-19-20-35-39(34-23-28-10-4-5-11-29(28)24-36(34)45-35)41(32)44-42(43-40)27-16-14-25(15-17-27)30-18-21-38-33(22-30)31-12-6-7-13-37(31)46-38;1-3-10-27(11-4-1)28-18-20-29(21-19-28)31-16-9-17-34(24-31)42-43-40(30-12-5-2-6-13-30)35-22-23-37-39(41(35)44-42)36-25-32-14-7-8-15-33(32)26-38(36)45-37;1-2-10-22(11-3-1)34-27-18-19-31-33(28-20-23-12-4-5-13-24(23)21-32(28)40-31)35(27)38-36(37-34)39-29-16-8-6-14-25(29)26-15-7-9-17-30(26)39/h1-24H;1-26H;1-21H. The van der Waals surface area contributed by atoms with Crippen LogP contribution in [0.4, 0.5) is 0 Å². The van der Waals surface area contributed by atoms with Gasteiger partial charge >= 0.3 is 0 Å². The lowest BCUT2D eigenvalue weighted by molar-refractivity contribution is 0.669. The third-order valence-electron chi connectivity index (χ3n) is 25.7. The van der Waals surface area contributed by atoms with E-state index >= 15 is 0 Å². The molecule has 28 aromatic rings. The summed E-state index contributed by atoms with van der Waals surface area (Å²) in [6, 6.07) is 152. The number of hydrogen-bond donors (Lipinski definition) is 0. The van der Waals surface area contributed by atoms with Gasteiger partial charge in [-0.25, -0.2) is 29.9 Å². The Balaban J connectivity index is 0.000000103. The molecule has 0 N–H and O–H groups in total. The van der Waals surface area contributed by atoms with Crippen LogP contribution in [0.25, 0.3) is 267 Å². The molecule has 20 aromatic carbocycles. The summed E-state index contributed by atoms with van der Waals surface area (Å²) in [5, 5.41) is 21.8. The maximum absolute atomic E-state index is 6.42. The Morgan fingerprint density at radius 1 is 0.183 bits per heavy atom. The molecule has 131 heavy (non-hydrogen) atoms. The first-order valence-corrected chi connectivity index (χ1v) is 45.6. The molecule has 0 bridgehead atoms. The number of hydrogen-bond acceptors (Lipinski definition) is 10. The molecule has 610 valence electrons. The van der Waals surface area contributed by atoms with E-state index in [1.54, 1.807) is 0 Å². The van der Waals surface area contributed by atoms with E-state index in [0.717, 1.165) is 155 Å². The molecule has 0 unspecified atom stereocenters. The Morgan fingerprint density at radius 2 is 0.550 bits per heavy atom. The minimum absolute atomic E-state index is 0.645. The predicted octanol–water partition coefficient (Wildman–Crippen LogP) is 33.3. The number of fused-ring (bicyclic) bond motifs is 24. The zero-order chi connectivity index (χ0) is 86.1. The normalized spacial score (nSPS) is 11.8. The Morgan fingerprint density at radius 3 is 1.10 bits per heavy atom. The Labute approximate surface area is 758 Å². The van der Waals surface area contributed by atoms with Crippen LogP contribution in [0.3, 0.4) is 0 Å². The number of thiophene rings is 2. The van der Waals surface area contributed by atoms with Crippen LogP contribution in [-0.2, 0) is 0 Å². The summed E-state index contributed by atoms with van der Waals surface area (Å²) in [6.07, 6.45) is 0. The average molecular weight is 1710 g/mol. The minimum Gasteiger partial charge on any atom is -0.456 e.